The van der Waals surface area contributed by atoms with Crippen molar-refractivity contribution in [3.05, 3.63) is 11.9 Å². The minimum Gasteiger partial charge on any atom is -0.377 e. The fourth-order valence-corrected chi connectivity index (χ4v) is 2.97. The lowest BCUT2D eigenvalue weighted by Gasteiger charge is -2.37. The van der Waals surface area contributed by atoms with Gasteiger partial charge >= 0.3 is 0 Å². The second-order valence-electron chi connectivity index (χ2n) is 5.54. The summed E-state index contributed by atoms with van der Waals surface area (Å²) in [7, 11) is 3.74. The van der Waals surface area contributed by atoms with Crippen molar-refractivity contribution in [3.8, 4) is 0 Å². The van der Waals surface area contributed by atoms with E-state index in [1.54, 1.807) is 7.11 Å². The van der Waals surface area contributed by atoms with E-state index in [2.05, 4.69) is 34.3 Å². The average molecular weight is 279 g/mol. The Balaban J connectivity index is 2.23. The van der Waals surface area contributed by atoms with Crippen LogP contribution >= 0.6 is 0 Å². The maximum atomic E-state index is 5.49. The molecule has 1 saturated carbocycles. The molecule has 0 aromatic carbocycles. The summed E-state index contributed by atoms with van der Waals surface area (Å²) < 4.78 is 5.12. The van der Waals surface area contributed by atoms with Crippen molar-refractivity contribution in [2.24, 2.45) is 11.8 Å². The number of nitrogens with one attached hydrogen (secondary N) is 1. The van der Waals surface area contributed by atoms with Crippen LogP contribution in [0.5, 0.6) is 0 Å². The van der Waals surface area contributed by atoms with Crippen LogP contribution in [0.1, 0.15) is 38.4 Å². The van der Waals surface area contributed by atoms with E-state index in [9.17, 15) is 0 Å². The van der Waals surface area contributed by atoms with Crippen LogP contribution in [0.15, 0.2) is 6.07 Å². The van der Waals surface area contributed by atoms with Gasteiger partial charge in [0, 0.05) is 26.3 Å². The highest BCUT2D eigenvalue weighted by Gasteiger charge is 2.26. The van der Waals surface area contributed by atoms with Crippen molar-refractivity contribution in [3.63, 3.8) is 0 Å². The molecule has 2 atom stereocenters. The number of anilines is 2. The van der Waals surface area contributed by atoms with Crippen molar-refractivity contribution < 1.29 is 4.74 Å². The normalized spacial score (nSPS) is 22.6. The molecule has 0 amide bonds. The fraction of sp³-hybridized carbons (Fsp3) is 0.714. The minimum atomic E-state index is 0.385. The number of aromatic nitrogens is 2. The van der Waals surface area contributed by atoms with Gasteiger partial charge in [0.05, 0.1) is 0 Å². The van der Waals surface area contributed by atoms with Crippen LogP contribution in [-0.2, 0) is 11.3 Å². The van der Waals surface area contributed by atoms with Crippen LogP contribution in [0.3, 0.4) is 0 Å². The van der Waals surface area contributed by atoms with Crippen LogP contribution in [0.2, 0.25) is 0 Å². The van der Waals surface area contributed by atoms with Gasteiger partial charge in [-0.25, -0.2) is 15.8 Å². The largest absolute Gasteiger partial charge is 0.377 e. The van der Waals surface area contributed by atoms with Crippen molar-refractivity contribution >= 4 is 11.6 Å². The van der Waals surface area contributed by atoms with E-state index in [-0.39, 0.29) is 0 Å². The summed E-state index contributed by atoms with van der Waals surface area (Å²) in [6.07, 6.45) is 5.12. The van der Waals surface area contributed by atoms with E-state index >= 15 is 0 Å². The Hall–Kier alpha value is -1.40. The van der Waals surface area contributed by atoms with Crippen molar-refractivity contribution in [2.45, 2.75) is 45.3 Å². The van der Waals surface area contributed by atoms with Crippen LogP contribution in [0, 0.1) is 5.92 Å². The number of nitrogens with two attached hydrogens (primary N) is 1. The Morgan fingerprint density at radius 3 is 2.80 bits per heavy atom. The zero-order chi connectivity index (χ0) is 14.5. The third-order valence-corrected chi connectivity index (χ3v) is 4.11. The summed E-state index contributed by atoms with van der Waals surface area (Å²) in [6, 6.07) is 2.42. The van der Waals surface area contributed by atoms with Crippen LogP contribution in [0.25, 0.3) is 0 Å². The Labute approximate surface area is 120 Å². The molecule has 1 aromatic rings. The highest BCUT2D eigenvalue weighted by Crippen LogP contribution is 2.30. The summed E-state index contributed by atoms with van der Waals surface area (Å²) in [5, 5.41) is 0. The number of hydrogen-bond acceptors (Lipinski definition) is 6. The minimum absolute atomic E-state index is 0.385. The Kier molecular flexibility index (Phi) is 5.14. The van der Waals surface area contributed by atoms with Crippen molar-refractivity contribution in [1.29, 1.82) is 0 Å². The molecule has 6 nitrogen and oxygen atoms in total. The molecule has 1 aliphatic carbocycles. The van der Waals surface area contributed by atoms with Crippen molar-refractivity contribution in [1.82, 2.24) is 9.97 Å². The zero-order valence-electron chi connectivity index (χ0n) is 12.6. The quantitative estimate of drug-likeness (QED) is 0.633. The molecule has 6 heteroatoms. The molecule has 1 fully saturated rings. The smallest absolute Gasteiger partial charge is 0.158 e. The summed E-state index contributed by atoms with van der Waals surface area (Å²) in [5.41, 5.74) is 2.60. The zero-order valence-corrected chi connectivity index (χ0v) is 12.6. The number of nitrogen functional groups attached to an aromatic ring is 1. The number of ether oxygens (including phenoxy) is 1. The van der Waals surface area contributed by atoms with Gasteiger partial charge in [-0.3, -0.25) is 0 Å². The van der Waals surface area contributed by atoms with E-state index in [0.717, 1.165) is 5.82 Å². The van der Waals surface area contributed by atoms with Crippen LogP contribution in [-0.4, -0.2) is 30.2 Å². The number of hydrogen-bond donors (Lipinski definition) is 2. The highest BCUT2D eigenvalue weighted by molar-refractivity contribution is 5.49. The first-order chi connectivity index (χ1) is 9.65. The predicted molar refractivity (Wildman–Crippen MR) is 80.4 cm³/mol. The van der Waals surface area contributed by atoms with E-state index in [4.69, 9.17) is 10.6 Å². The summed E-state index contributed by atoms with van der Waals surface area (Å²) >= 11 is 0. The van der Waals surface area contributed by atoms with E-state index in [1.165, 1.54) is 25.7 Å². The molecule has 2 rings (SSSR count). The third-order valence-electron chi connectivity index (χ3n) is 4.11. The lowest BCUT2D eigenvalue weighted by Crippen LogP contribution is -2.39. The molecular formula is C14H25N5O. The van der Waals surface area contributed by atoms with Gasteiger partial charge in [-0.1, -0.05) is 19.8 Å². The van der Waals surface area contributed by atoms with E-state index in [1.807, 2.05) is 6.07 Å². The molecule has 0 saturated heterocycles. The molecule has 0 radical (unpaired) electrons. The summed E-state index contributed by atoms with van der Waals surface area (Å²) in [5.74, 6) is 8.34. The van der Waals surface area contributed by atoms with Crippen molar-refractivity contribution in [2.75, 3.05) is 24.5 Å². The SMILES string of the molecule is COCc1nc(NN)cc(N(C)C2CCCCC2C)n1. The van der Waals surface area contributed by atoms with E-state index < -0.39 is 0 Å². The van der Waals surface area contributed by atoms with Crippen LogP contribution in [0.4, 0.5) is 11.6 Å². The van der Waals surface area contributed by atoms with Gasteiger partial charge in [0.2, 0.25) is 0 Å². The summed E-state index contributed by atoms with van der Waals surface area (Å²) in [6.45, 7) is 2.70. The van der Waals surface area contributed by atoms with Gasteiger partial charge in [-0.05, 0) is 18.8 Å². The van der Waals surface area contributed by atoms with Gasteiger partial charge in [0.1, 0.15) is 18.2 Å². The number of hydrazine groups is 1. The lowest BCUT2D eigenvalue weighted by molar-refractivity contribution is 0.178. The second-order valence-corrected chi connectivity index (χ2v) is 5.54. The summed E-state index contributed by atoms with van der Waals surface area (Å²) in [4.78, 5) is 11.1. The first-order valence-corrected chi connectivity index (χ1v) is 7.22. The molecule has 0 aliphatic heterocycles. The molecule has 20 heavy (non-hydrogen) atoms. The molecule has 0 spiro atoms. The predicted octanol–water partition coefficient (Wildman–Crippen LogP) is 1.92. The molecule has 1 aromatic heterocycles. The molecule has 2 unspecified atom stereocenters. The van der Waals surface area contributed by atoms with E-state index in [0.29, 0.717) is 30.2 Å². The van der Waals surface area contributed by atoms with Gasteiger partial charge in [-0.2, -0.15) is 0 Å². The topological polar surface area (TPSA) is 76.3 Å². The van der Waals surface area contributed by atoms with Gasteiger partial charge < -0.3 is 15.1 Å². The average Bonchev–Trinajstić information content (AvgIpc) is 2.47. The molecular weight excluding hydrogens is 254 g/mol. The Bertz CT molecular complexity index is 440. The number of rotatable bonds is 5. The van der Waals surface area contributed by atoms with Gasteiger partial charge in [0.25, 0.3) is 0 Å². The molecule has 3 N–H and O–H groups in total. The van der Waals surface area contributed by atoms with Gasteiger partial charge in [0.15, 0.2) is 5.82 Å². The monoisotopic (exact) mass is 279 g/mol. The molecule has 1 heterocycles. The Morgan fingerprint density at radius 2 is 2.15 bits per heavy atom. The molecule has 0 bridgehead atoms. The highest BCUT2D eigenvalue weighted by atomic mass is 16.5. The lowest BCUT2D eigenvalue weighted by atomic mass is 9.85. The van der Waals surface area contributed by atoms with Gasteiger partial charge in [-0.15, -0.1) is 0 Å². The Morgan fingerprint density at radius 1 is 1.40 bits per heavy atom. The maximum Gasteiger partial charge on any atom is 0.158 e. The molecule has 1 aliphatic rings. The standard InChI is InChI=1S/C14H25N5O/c1-10-6-4-5-7-11(10)19(2)14-8-12(18-15)16-13(17-14)9-20-3/h8,10-11H,4-7,9,15H2,1-3H3,(H,16,17,18). The number of methoxy groups -OCH3 is 1. The number of nitrogens with zero attached hydrogens (tertiary/aromatic N) is 3. The molecule has 112 valence electrons. The van der Waals surface area contributed by atoms with Crippen LogP contribution < -0.4 is 16.2 Å². The second kappa shape index (κ2) is 6.85. The first-order valence-electron chi connectivity index (χ1n) is 7.22. The first kappa shape index (κ1) is 15.0. The third kappa shape index (κ3) is 3.37. The fourth-order valence-electron chi connectivity index (χ4n) is 2.97. The maximum absolute atomic E-state index is 5.49.